The Morgan fingerprint density at radius 2 is 0.769 bits per heavy atom. The number of ether oxygens (including phenoxy) is 11. The highest BCUT2D eigenvalue weighted by Crippen LogP contribution is 2.43. The fraction of sp³-hybridized carbons (Fsp3) is 0.175. The van der Waals surface area contributed by atoms with Crippen molar-refractivity contribution in [3.63, 3.8) is 0 Å². The second kappa shape index (κ2) is 36.7. The van der Waals surface area contributed by atoms with E-state index < -0.39 is 32.3 Å². The topological polar surface area (TPSA) is 298 Å². The Hall–Kier alpha value is -9.67. The first-order chi connectivity index (χ1) is 43.6. The Kier molecular flexibility index (Phi) is 29.8. The molecule has 3 N–H and O–H groups in total. The molecule has 0 radical (unpaired) electrons. The van der Waals surface area contributed by atoms with Crippen LogP contribution in [0.25, 0.3) is 21.8 Å². The summed E-state index contributed by atoms with van der Waals surface area (Å²) in [5.74, 6) is 4.36. The minimum Gasteiger partial charge on any atom is -0.493 e. The monoisotopic (exact) mass is 1340 g/mol. The summed E-state index contributed by atoms with van der Waals surface area (Å²) < 4.78 is 57.3. The number of nitrogens with two attached hydrogens (primary N) is 1. The van der Waals surface area contributed by atoms with Gasteiger partial charge in [0.1, 0.15) is 11.1 Å². The lowest BCUT2D eigenvalue weighted by Crippen LogP contribution is -2.08. The minimum absolute atomic E-state index is 0.00898. The molecule has 0 aliphatic carbocycles. The van der Waals surface area contributed by atoms with Gasteiger partial charge in [-0.3, -0.25) is 39.4 Å². The predicted octanol–water partition coefficient (Wildman–Crippen LogP) is 13.4. The molecule has 91 heavy (non-hydrogen) atoms. The number of benzene rings is 8. The third-order valence-electron chi connectivity index (χ3n) is 12.6. The largest absolute Gasteiger partial charge is 0.643 e. The van der Waals surface area contributed by atoms with E-state index in [4.69, 9.17) is 99.6 Å². The number of hydrogen-bond acceptors (Lipinski definition) is 20. The highest BCUT2D eigenvalue weighted by Gasteiger charge is 2.27. The highest BCUT2D eigenvalue weighted by atomic mass is 35.8. The van der Waals surface area contributed by atoms with Crippen LogP contribution in [0, 0.1) is 20.2 Å². The van der Waals surface area contributed by atoms with Crippen LogP contribution in [-0.4, -0.2) is 121 Å². The van der Waals surface area contributed by atoms with E-state index in [0.717, 1.165) is 5.52 Å². The lowest BCUT2D eigenvalue weighted by Gasteiger charge is -2.15. The number of halogens is 4. The third kappa shape index (κ3) is 18.9. The first-order valence-electron chi connectivity index (χ1n) is 26.1. The molecule has 0 saturated heterocycles. The second-order valence-corrected chi connectivity index (χ2v) is 24.3. The van der Waals surface area contributed by atoms with E-state index in [2.05, 4.69) is 4.98 Å². The maximum atomic E-state index is 12.7. The lowest BCUT2D eigenvalue weighted by atomic mass is 10.00. The van der Waals surface area contributed by atoms with Crippen molar-refractivity contribution in [3.05, 3.63) is 210 Å². The summed E-state index contributed by atoms with van der Waals surface area (Å²) in [5.41, 5.74) is 8.01. The number of aromatic nitrogens is 1. The summed E-state index contributed by atoms with van der Waals surface area (Å²) in [6.45, 7) is 0. The van der Waals surface area contributed by atoms with Gasteiger partial charge in [0.2, 0.25) is 23.0 Å². The Morgan fingerprint density at radius 3 is 1.19 bits per heavy atom. The van der Waals surface area contributed by atoms with Crippen molar-refractivity contribution >= 4 is 109 Å². The van der Waals surface area contributed by atoms with E-state index in [9.17, 15) is 39.4 Å². The standard InChI is InChI=1S/C16H15NO6.C16H17NO4.C15H13NO3.C9H12O3.C7H4ClNO3.Al.3ClH/c1-21-13-9-8-11(15(22-2)16(13)23-3)14(18)10-6-4-5-7-12(10)17(19)20;1-19-13-9-8-11(15(20-2)16(13)21-3)14(18)10-6-4-5-7-12(10)17;1-18-12-8-7-10-13(15(12)19-2)16-11-6-4-3-5-9(11)14(10)17;1-10-7-5-4-6-8(11-2)9(7)12-3;8-7(10)5-3-1-2-4-6(5)9(11)12;;;;/h4-9H,1-3H3;4-9H,17H2,1-3H3;3-8H,1-2H3,(H,16,17);4-6H,1-3H3;1-4H;;3*1H/q;;;;;+3;;;/p-3. The molecule has 478 valence electrons. The highest BCUT2D eigenvalue weighted by molar-refractivity contribution is 7.54. The number of hydrogen-bond donors (Lipinski definition) is 2. The normalized spacial score (nSPS) is 9.88. The summed E-state index contributed by atoms with van der Waals surface area (Å²) in [6, 6.07) is 40.9. The van der Waals surface area contributed by atoms with Gasteiger partial charge in [0, 0.05) is 34.3 Å². The summed E-state index contributed by atoms with van der Waals surface area (Å²) in [7, 11) is 31.5. The molecule has 8 aromatic carbocycles. The number of rotatable bonds is 18. The van der Waals surface area contributed by atoms with Gasteiger partial charge in [-0.05, 0) is 96.5 Å². The molecule has 23 nitrogen and oxygen atoms in total. The molecule has 28 heteroatoms. The van der Waals surface area contributed by atoms with Gasteiger partial charge in [-0.2, -0.15) is 0 Å². The van der Waals surface area contributed by atoms with Gasteiger partial charge in [-0.1, -0.05) is 54.6 Å². The van der Waals surface area contributed by atoms with Gasteiger partial charge < -0.3 is 62.8 Å². The Labute approximate surface area is 544 Å². The molecule has 9 aromatic rings. The Balaban J connectivity index is 0.000000244. The zero-order valence-corrected chi connectivity index (χ0v) is 54.9. The number of carbonyl (C=O) groups is 3. The molecule has 0 spiro atoms. The first kappa shape index (κ1) is 73.8. The molecule has 0 amide bonds. The van der Waals surface area contributed by atoms with Crippen molar-refractivity contribution in [2.75, 3.05) is 83.9 Å². The number of nitro groups is 2. The number of aromatic amines is 1. The molecule has 9 rings (SSSR count). The molecule has 0 bridgehead atoms. The zero-order chi connectivity index (χ0) is 67.5. The number of nitrogens with zero attached hydrogens (tertiary/aromatic N) is 2. The summed E-state index contributed by atoms with van der Waals surface area (Å²) in [6.07, 6.45) is 0. The molecule has 0 aliphatic heterocycles. The molecule has 1 heterocycles. The van der Waals surface area contributed by atoms with Crippen molar-refractivity contribution < 1.29 is 76.3 Å². The van der Waals surface area contributed by atoms with Crippen molar-refractivity contribution in [2.45, 2.75) is 0 Å². The number of ketones is 2. The van der Waals surface area contributed by atoms with E-state index in [-0.39, 0.29) is 50.8 Å². The molecule has 0 atom stereocenters. The summed E-state index contributed by atoms with van der Waals surface area (Å²) in [4.78, 5) is 71.9. The minimum atomic E-state index is -1.72. The van der Waals surface area contributed by atoms with Gasteiger partial charge in [-0.25, -0.2) is 30.1 Å². The molecule has 0 saturated carbocycles. The van der Waals surface area contributed by atoms with Gasteiger partial charge >= 0.3 is 11.4 Å². The number of nitrogen functional groups attached to an aromatic ring is 1. The summed E-state index contributed by atoms with van der Waals surface area (Å²) >= 11 is 3.39. The molecule has 0 fully saturated rings. The molecular weight excluding hydrogens is 1290 g/mol. The average Bonchev–Trinajstić information content (AvgIpc) is 1.07. The van der Waals surface area contributed by atoms with Crippen LogP contribution in [-0.2, 0) is 0 Å². The van der Waals surface area contributed by atoms with Gasteiger partial charge in [0.05, 0.1) is 110 Å². The molecule has 0 aliphatic rings. The van der Waals surface area contributed by atoms with Crippen molar-refractivity contribution in [3.8, 4) is 63.2 Å². The van der Waals surface area contributed by atoms with Crippen LogP contribution in [0.5, 0.6) is 63.2 Å². The zero-order valence-electron chi connectivity index (χ0n) is 50.8. The fourth-order valence-electron chi connectivity index (χ4n) is 8.51. The SMILES string of the molecule is COc1ccc(C(=O)c2ccccc2N)c(OC)c1OC.COc1ccc(C(=O)c2ccccc2[N+](=O)[O-])c(OC)c1OC.COc1ccc2c(=O)c3ccccc3[nH]c2c1OC.COc1cccc(OC)c1OC.O=C(Cl)c1ccccc1[N+](=O)[O-].[Cl][Al]([Cl])[Cl]. The number of H-pyrrole nitrogens is 1. The molecule has 1 aromatic heterocycles. The number of nitro benzene ring substituents is 2. The average molecular weight is 1350 g/mol. The van der Waals surface area contributed by atoms with E-state index in [1.807, 2.05) is 42.5 Å². The third-order valence-corrected chi connectivity index (χ3v) is 12.8. The number of para-hydroxylation sites is 5. The maximum absolute atomic E-state index is 12.7. The van der Waals surface area contributed by atoms with Gasteiger partial charge in [0.25, 0.3) is 16.6 Å². The fourth-order valence-corrected chi connectivity index (χ4v) is 8.67. The second-order valence-electron chi connectivity index (χ2n) is 17.5. The van der Waals surface area contributed by atoms with Gasteiger partial charge in [0.15, 0.2) is 57.2 Å². The van der Waals surface area contributed by atoms with E-state index in [1.165, 1.54) is 91.2 Å². The van der Waals surface area contributed by atoms with Crippen LogP contribution in [0.3, 0.4) is 0 Å². The Bertz CT molecular complexity index is 4000. The van der Waals surface area contributed by atoms with Crippen molar-refractivity contribution in [1.82, 2.24) is 4.98 Å². The number of methoxy groups -OCH3 is 11. The lowest BCUT2D eigenvalue weighted by molar-refractivity contribution is -0.385. The molecular formula is C63H61AlCl4N4O19. The van der Waals surface area contributed by atoms with Crippen molar-refractivity contribution in [2.24, 2.45) is 0 Å². The van der Waals surface area contributed by atoms with Crippen LogP contribution in [0.4, 0.5) is 17.1 Å². The Morgan fingerprint density at radius 1 is 0.407 bits per heavy atom. The number of nitrogens with one attached hydrogen (secondary N) is 1. The van der Waals surface area contributed by atoms with Crippen LogP contribution >= 0.6 is 41.7 Å². The van der Waals surface area contributed by atoms with Crippen LogP contribution < -0.4 is 63.3 Å². The first-order valence-corrected chi connectivity index (χ1v) is 31.8. The number of fused-ring (bicyclic) bond motifs is 2. The number of anilines is 1. The van der Waals surface area contributed by atoms with Crippen LogP contribution in [0.15, 0.2) is 156 Å². The van der Waals surface area contributed by atoms with E-state index in [1.54, 1.807) is 96.2 Å². The quantitative estimate of drug-likeness (QED) is 0.0153. The van der Waals surface area contributed by atoms with Gasteiger partial charge in [-0.15, -0.1) is 0 Å². The van der Waals surface area contributed by atoms with E-state index in [0.29, 0.717) is 84.8 Å². The number of carbonyl (C=O) groups excluding carboxylic acids is 3. The van der Waals surface area contributed by atoms with Crippen LogP contribution in [0.1, 0.15) is 42.2 Å². The van der Waals surface area contributed by atoms with Crippen LogP contribution in [0.2, 0.25) is 0 Å². The maximum Gasteiger partial charge on any atom is 0.643 e. The summed E-state index contributed by atoms with van der Waals surface area (Å²) in [5, 5.41) is 21.9. The number of pyridine rings is 1. The smallest absolute Gasteiger partial charge is 0.493 e. The van der Waals surface area contributed by atoms with E-state index >= 15 is 0 Å². The molecule has 0 unspecified atom stereocenters. The van der Waals surface area contributed by atoms with Crippen molar-refractivity contribution in [1.29, 1.82) is 0 Å². The predicted molar refractivity (Wildman–Crippen MR) is 351 cm³/mol.